The largest absolute Gasteiger partial charge is 0.453 e. The number of hydrogen-bond donors (Lipinski definition) is 4. The van der Waals surface area contributed by atoms with Crippen LogP contribution in [0.4, 0.5) is 18.4 Å². The van der Waals surface area contributed by atoms with E-state index < -0.39 is 30.2 Å². The fourth-order valence-electron chi connectivity index (χ4n) is 10.3. The van der Waals surface area contributed by atoms with E-state index in [1.165, 1.54) is 20.3 Å². The number of likely N-dealkylation sites (tertiary alicyclic amines) is 2. The van der Waals surface area contributed by atoms with Crippen LogP contribution < -0.4 is 10.6 Å². The molecule has 4 amide bonds. The fourth-order valence-corrected chi connectivity index (χ4v) is 10.3. The van der Waals surface area contributed by atoms with Gasteiger partial charge in [-0.25, -0.2) is 19.6 Å². The third kappa shape index (κ3) is 7.26. The predicted octanol–water partition coefficient (Wildman–Crippen LogP) is 8.22. The molecule has 330 valence electrons. The number of benzene rings is 3. The first kappa shape index (κ1) is 42.0. The summed E-state index contributed by atoms with van der Waals surface area (Å²) < 4.78 is 42.7. The molecule has 2 bridgehead atoms. The van der Waals surface area contributed by atoms with Gasteiger partial charge in [-0.1, -0.05) is 58.0 Å². The summed E-state index contributed by atoms with van der Waals surface area (Å²) in [7, 11) is 2.53. The number of alkyl halides is 2. The van der Waals surface area contributed by atoms with Gasteiger partial charge in [-0.2, -0.15) is 8.78 Å². The van der Waals surface area contributed by atoms with Gasteiger partial charge in [0.1, 0.15) is 23.7 Å². The zero-order valence-electron chi connectivity index (χ0n) is 36.1. The first-order chi connectivity index (χ1) is 30.2. The molecule has 0 spiro atoms. The number of halogens is 2. The van der Waals surface area contributed by atoms with E-state index in [2.05, 4.69) is 25.6 Å². The van der Waals surface area contributed by atoms with Gasteiger partial charge in [-0.15, -0.1) is 0 Å². The number of rotatable bonds is 10. The highest BCUT2D eigenvalue weighted by Crippen LogP contribution is 2.53. The number of fused-ring (bicyclic) bond motifs is 6. The van der Waals surface area contributed by atoms with E-state index in [-0.39, 0.29) is 58.8 Å². The van der Waals surface area contributed by atoms with Gasteiger partial charge in [0.15, 0.2) is 0 Å². The van der Waals surface area contributed by atoms with Gasteiger partial charge in [0.05, 0.1) is 49.2 Å². The Morgan fingerprint density at radius 3 is 2.06 bits per heavy atom. The van der Waals surface area contributed by atoms with Crippen LogP contribution in [0.25, 0.3) is 44.5 Å². The van der Waals surface area contributed by atoms with Crippen molar-refractivity contribution in [3.63, 3.8) is 0 Å². The Kier molecular flexibility index (Phi) is 10.7. The summed E-state index contributed by atoms with van der Waals surface area (Å²) in [5, 5.41) is 5.38. The second-order valence-corrected chi connectivity index (χ2v) is 18.0. The monoisotopic (exact) mass is 862 g/mol. The molecule has 4 N–H and O–H groups in total. The quantitative estimate of drug-likeness (QED) is 0.109. The van der Waals surface area contributed by atoms with Crippen molar-refractivity contribution in [3.05, 3.63) is 83.6 Å². The topological polar surface area (TPSA) is 175 Å². The van der Waals surface area contributed by atoms with Gasteiger partial charge < -0.3 is 39.9 Å². The third-order valence-corrected chi connectivity index (χ3v) is 13.5. The van der Waals surface area contributed by atoms with Gasteiger partial charge >= 0.3 is 12.2 Å². The number of imidazole rings is 2. The van der Waals surface area contributed by atoms with E-state index in [0.717, 1.165) is 36.8 Å². The number of hydrogen-bond acceptors (Lipinski definition) is 8. The highest BCUT2D eigenvalue weighted by atomic mass is 19.3. The Bertz CT molecular complexity index is 2620. The van der Waals surface area contributed by atoms with Crippen LogP contribution in [0.5, 0.6) is 0 Å². The maximum absolute atomic E-state index is 16.6. The standard InChI is InChI=1S/C47H52F2N8O6/c1-23(2)38(54-45(60)62-5)43(58)56-17-7-8-37(56)41-50-22-36(53-41)27-11-15-31-30-14-10-25(19-32(30)47(48,49)33(31)20-27)26-12-16-34-35(21-26)52-42(51-34)40-28-9-13-29(18-28)57(40)44(59)39(24(3)4)55-46(61)63-6/h10-12,14-16,19-24,28-29,37-40H,7-9,13,17-18H2,1-6H3,(H,50,53)(H,51,52)(H,54,60)(H,55,61)/t28-,29+,37-,38?,39-,40-/m0/s1. The summed E-state index contributed by atoms with van der Waals surface area (Å²) in [5.74, 6) is -2.59. The lowest BCUT2D eigenvalue weighted by Gasteiger charge is -2.37. The maximum Gasteiger partial charge on any atom is 0.407 e. The molecule has 4 aliphatic rings. The number of alkyl carbamates (subject to hydrolysis) is 2. The van der Waals surface area contributed by atoms with Crippen molar-refractivity contribution in [2.75, 3.05) is 20.8 Å². The fraction of sp³-hybridized carbons (Fsp3) is 0.447. The van der Waals surface area contributed by atoms with E-state index in [0.29, 0.717) is 58.1 Å². The zero-order chi connectivity index (χ0) is 44.5. The molecule has 0 radical (unpaired) electrons. The molecule has 63 heavy (non-hydrogen) atoms. The predicted molar refractivity (Wildman–Crippen MR) is 230 cm³/mol. The number of aromatic nitrogens is 4. The average Bonchev–Trinajstić information content (AvgIpc) is 4.15. The molecular weight excluding hydrogens is 811 g/mol. The zero-order valence-corrected chi connectivity index (χ0v) is 36.1. The number of methoxy groups -OCH3 is 2. The lowest BCUT2D eigenvalue weighted by atomic mass is 9.95. The van der Waals surface area contributed by atoms with Crippen molar-refractivity contribution in [3.8, 4) is 33.5 Å². The minimum atomic E-state index is -3.29. The van der Waals surface area contributed by atoms with E-state index in [1.807, 2.05) is 56.9 Å². The van der Waals surface area contributed by atoms with E-state index in [1.54, 1.807) is 35.4 Å². The Morgan fingerprint density at radius 2 is 1.40 bits per heavy atom. The Hall–Kier alpha value is -6.32. The van der Waals surface area contributed by atoms with Crippen molar-refractivity contribution in [2.45, 2.75) is 95.9 Å². The molecule has 2 aliphatic heterocycles. The number of piperidine rings is 1. The second-order valence-electron chi connectivity index (χ2n) is 18.0. The first-order valence-electron chi connectivity index (χ1n) is 21.7. The highest BCUT2D eigenvalue weighted by Gasteiger charge is 2.52. The lowest BCUT2D eigenvalue weighted by molar-refractivity contribution is -0.139. The molecule has 16 heteroatoms. The van der Waals surface area contributed by atoms with Crippen molar-refractivity contribution < 1.29 is 37.4 Å². The second kappa shape index (κ2) is 16.1. The summed E-state index contributed by atoms with van der Waals surface area (Å²) in [5.41, 5.74) is 4.62. The van der Waals surface area contributed by atoms with Gasteiger partial charge in [0, 0.05) is 29.3 Å². The Morgan fingerprint density at radius 1 is 0.778 bits per heavy atom. The van der Waals surface area contributed by atoms with Crippen molar-refractivity contribution in [1.82, 2.24) is 40.4 Å². The van der Waals surface area contributed by atoms with Crippen molar-refractivity contribution in [1.29, 1.82) is 0 Å². The first-order valence-corrected chi connectivity index (χ1v) is 21.7. The van der Waals surface area contributed by atoms with Crippen LogP contribution in [0, 0.1) is 17.8 Å². The normalized spacial score (nSPS) is 21.7. The number of nitrogens with zero attached hydrogens (tertiary/aromatic N) is 4. The molecule has 2 aromatic heterocycles. The van der Waals surface area contributed by atoms with E-state index >= 15 is 8.78 Å². The van der Waals surface area contributed by atoms with E-state index in [9.17, 15) is 19.2 Å². The Balaban J connectivity index is 0.952. The van der Waals surface area contributed by atoms with Crippen LogP contribution in [0.3, 0.4) is 0 Å². The van der Waals surface area contributed by atoms with Crippen LogP contribution in [0.2, 0.25) is 0 Å². The number of carbonyl (C=O) groups is 4. The van der Waals surface area contributed by atoms with Crippen molar-refractivity contribution in [2.24, 2.45) is 17.8 Å². The summed E-state index contributed by atoms with van der Waals surface area (Å²) in [6.45, 7) is 7.98. The van der Waals surface area contributed by atoms with Crippen molar-refractivity contribution >= 4 is 35.0 Å². The minimum Gasteiger partial charge on any atom is -0.453 e. The van der Waals surface area contributed by atoms with Gasteiger partial charge in [0.2, 0.25) is 11.8 Å². The average molecular weight is 863 g/mol. The molecule has 2 saturated heterocycles. The summed E-state index contributed by atoms with van der Waals surface area (Å²) in [6, 6.07) is 13.7. The molecule has 5 aromatic rings. The number of H-pyrrole nitrogens is 2. The minimum absolute atomic E-state index is 0.0456. The van der Waals surface area contributed by atoms with Gasteiger partial charge in [-0.05, 0) is 96.4 Å². The SMILES string of the molecule is COC(=O)NC(C(=O)N1CCC[C@H]1c1ncc(-c2ccc3c(c2)C(F)(F)c2cc(-c4ccc5nc([C@@H]6[C@H]7CC[C@H](C7)N6C(=O)[C@@H](NC(=O)OC)C(C)C)[nH]c5c4)ccc2-3)[nH]1)C(C)C. The number of ether oxygens (including phenoxy) is 2. The smallest absolute Gasteiger partial charge is 0.407 e. The van der Waals surface area contributed by atoms with Crippen LogP contribution >= 0.6 is 0 Å². The van der Waals surface area contributed by atoms with Crippen LogP contribution in [-0.4, -0.2) is 92.6 Å². The summed E-state index contributed by atoms with van der Waals surface area (Å²) >= 11 is 0. The molecule has 6 atom stereocenters. The van der Waals surface area contributed by atoms with Crippen LogP contribution in [0.1, 0.15) is 94.7 Å². The number of nitrogens with one attached hydrogen (secondary N) is 4. The Labute approximate surface area is 363 Å². The van der Waals surface area contributed by atoms with Gasteiger partial charge in [-0.3, -0.25) is 9.59 Å². The molecular formula is C47H52F2N8O6. The van der Waals surface area contributed by atoms with Crippen LogP contribution in [0.15, 0.2) is 60.8 Å². The number of aromatic amines is 2. The molecule has 2 aliphatic carbocycles. The third-order valence-electron chi connectivity index (χ3n) is 13.5. The summed E-state index contributed by atoms with van der Waals surface area (Å²) in [4.78, 5) is 71.8. The number of amides is 4. The molecule has 9 rings (SSSR count). The van der Waals surface area contributed by atoms with E-state index in [4.69, 9.17) is 14.5 Å². The molecule has 3 fully saturated rings. The summed E-state index contributed by atoms with van der Waals surface area (Å²) in [6.07, 6.45) is 4.39. The van der Waals surface area contributed by atoms with Crippen LogP contribution in [-0.2, 0) is 25.0 Å². The molecule has 4 heterocycles. The molecule has 1 unspecified atom stereocenters. The molecule has 1 saturated carbocycles. The highest BCUT2D eigenvalue weighted by molar-refractivity contribution is 5.89. The lowest BCUT2D eigenvalue weighted by Crippen LogP contribution is -2.54. The van der Waals surface area contributed by atoms with Gasteiger partial charge in [0.25, 0.3) is 5.92 Å². The molecule has 14 nitrogen and oxygen atoms in total. The maximum atomic E-state index is 16.6. The number of carbonyl (C=O) groups excluding carboxylic acids is 4. The molecule has 3 aromatic carbocycles.